The highest BCUT2D eigenvalue weighted by molar-refractivity contribution is 6.31. The van der Waals surface area contributed by atoms with E-state index in [0.29, 0.717) is 23.1 Å². The van der Waals surface area contributed by atoms with Crippen LogP contribution in [-0.2, 0) is 6.54 Å². The highest BCUT2D eigenvalue weighted by atomic mass is 35.5. The Kier molecular flexibility index (Phi) is 5.20. The average molecular weight is 354 g/mol. The van der Waals surface area contributed by atoms with Gasteiger partial charge in [0.1, 0.15) is 5.82 Å². The first-order chi connectivity index (χ1) is 12.1. The largest absolute Gasteiger partial charge is 0.363 e. The summed E-state index contributed by atoms with van der Waals surface area (Å²) in [5.41, 5.74) is 2.57. The summed E-state index contributed by atoms with van der Waals surface area (Å²) in [5.74, 6) is 0.232. The molecule has 0 unspecified atom stereocenters. The van der Waals surface area contributed by atoms with Crippen LogP contribution in [0.3, 0.4) is 0 Å². The molecule has 0 aliphatic rings. The van der Waals surface area contributed by atoms with Crippen LogP contribution in [0.4, 0.5) is 11.5 Å². The van der Waals surface area contributed by atoms with E-state index in [2.05, 4.69) is 25.8 Å². The van der Waals surface area contributed by atoms with Gasteiger partial charge in [0.2, 0.25) is 0 Å². The van der Waals surface area contributed by atoms with Gasteiger partial charge < -0.3 is 10.6 Å². The second-order valence-electron chi connectivity index (χ2n) is 5.34. The van der Waals surface area contributed by atoms with Crippen LogP contribution in [0.15, 0.2) is 54.7 Å². The van der Waals surface area contributed by atoms with E-state index in [0.717, 1.165) is 11.3 Å². The molecule has 1 amide bonds. The minimum Gasteiger partial charge on any atom is -0.363 e. The molecular formula is C18H16ClN5O. The normalized spacial score (nSPS) is 10.3. The molecule has 0 saturated heterocycles. The van der Waals surface area contributed by atoms with E-state index in [1.807, 2.05) is 25.1 Å². The number of hydrogen-bond acceptors (Lipinski definition) is 5. The molecule has 0 spiro atoms. The van der Waals surface area contributed by atoms with Gasteiger partial charge in [0.25, 0.3) is 5.91 Å². The lowest BCUT2D eigenvalue weighted by Gasteiger charge is -2.09. The van der Waals surface area contributed by atoms with Crippen LogP contribution >= 0.6 is 11.6 Å². The van der Waals surface area contributed by atoms with Crippen molar-refractivity contribution in [2.45, 2.75) is 13.5 Å². The van der Waals surface area contributed by atoms with Crippen LogP contribution in [0.2, 0.25) is 5.02 Å². The number of rotatable bonds is 5. The van der Waals surface area contributed by atoms with E-state index in [-0.39, 0.29) is 11.6 Å². The van der Waals surface area contributed by atoms with Gasteiger partial charge in [-0.05, 0) is 48.9 Å². The minimum atomic E-state index is -0.339. The standard InChI is InChI=1S/C18H16ClN5O/c1-12-14(19)6-4-7-15(12)22-18(25)16-8-9-17(24-23-16)21-11-13-5-2-3-10-20-13/h2-10H,11H2,1H3,(H,21,24)(H,22,25). The van der Waals surface area contributed by atoms with E-state index in [1.165, 1.54) is 0 Å². The summed E-state index contributed by atoms with van der Waals surface area (Å²) in [6.07, 6.45) is 1.73. The summed E-state index contributed by atoms with van der Waals surface area (Å²) in [6.45, 7) is 2.37. The lowest BCUT2D eigenvalue weighted by atomic mass is 10.2. The zero-order chi connectivity index (χ0) is 17.6. The third kappa shape index (κ3) is 4.30. The number of nitrogens with zero attached hydrogens (tertiary/aromatic N) is 3. The molecule has 1 aromatic carbocycles. The molecule has 0 bridgehead atoms. The number of halogens is 1. The van der Waals surface area contributed by atoms with Gasteiger partial charge in [0, 0.05) is 16.9 Å². The van der Waals surface area contributed by atoms with Crippen LogP contribution in [0.1, 0.15) is 21.7 Å². The van der Waals surface area contributed by atoms with Gasteiger partial charge in [0.05, 0.1) is 12.2 Å². The van der Waals surface area contributed by atoms with Crippen LogP contribution < -0.4 is 10.6 Å². The molecule has 126 valence electrons. The lowest BCUT2D eigenvalue weighted by molar-refractivity contribution is 0.102. The first kappa shape index (κ1) is 16.9. The number of anilines is 2. The quantitative estimate of drug-likeness (QED) is 0.731. The van der Waals surface area contributed by atoms with E-state index in [1.54, 1.807) is 36.5 Å². The molecular weight excluding hydrogens is 338 g/mol. The maximum Gasteiger partial charge on any atom is 0.276 e. The Hall–Kier alpha value is -2.99. The average Bonchev–Trinajstić information content (AvgIpc) is 2.65. The van der Waals surface area contributed by atoms with Crippen LogP contribution in [-0.4, -0.2) is 21.1 Å². The van der Waals surface area contributed by atoms with Crippen molar-refractivity contribution in [3.63, 3.8) is 0 Å². The van der Waals surface area contributed by atoms with E-state index >= 15 is 0 Å². The van der Waals surface area contributed by atoms with Gasteiger partial charge in [-0.25, -0.2) is 0 Å². The molecule has 7 heteroatoms. The van der Waals surface area contributed by atoms with Gasteiger partial charge in [0.15, 0.2) is 5.69 Å². The first-order valence-corrected chi connectivity index (χ1v) is 8.05. The number of aromatic nitrogens is 3. The van der Waals surface area contributed by atoms with E-state index < -0.39 is 0 Å². The summed E-state index contributed by atoms with van der Waals surface area (Å²) >= 11 is 6.06. The lowest BCUT2D eigenvalue weighted by Crippen LogP contribution is -2.15. The Bertz CT molecular complexity index is 868. The van der Waals surface area contributed by atoms with Gasteiger partial charge in [-0.2, -0.15) is 0 Å². The van der Waals surface area contributed by atoms with E-state index in [9.17, 15) is 4.79 Å². The van der Waals surface area contributed by atoms with Gasteiger partial charge in [-0.1, -0.05) is 23.7 Å². The number of pyridine rings is 1. The molecule has 0 aliphatic heterocycles. The maximum absolute atomic E-state index is 12.3. The first-order valence-electron chi connectivity index (χ1n) is 7.67. The Morgan fingerprint density at radius 2 is 1.96 bits per heavy atom. The summed E-state index contributed by atoms with van der Waals surface area (Å²) in [5, 5.41) is 14.5. The number of amides is 1. The Labute approximate surface area is 150 Å². The fourth-order valence-electron chi connectivity index (χ4n) is 2.16. The molecule has 2 N–H and O–H groups in total. The number of carbonyl (C=O) groups excluding carboxylic acids is 1. The predicted octanol–water partition coefficient (Wildman–Crippen LogP) is 3.70. The monoisotopic (exact) mass is 353 g/mol. The molecule has 25 heavy (non-hydrogen) atoms. The second kappa shape index (κ2) is 7.72. The van der Waals surface area contributed by atoms with Crippen LogP contribution in [0.5, 0.6) is 0 Å². The Balaban J connectivity index is 1.63. The second-order valence-corrected chi connectivity index (χ2v) is 5.75. The van der Waals surface area contributed by atoms with Crippen molar-refractivity contribution >= 4 is 29.0 Å². The molecule has 0 aliphatic carbocycles. The summed E-state index contributed by atoms with van der Waals surface area (Å²) in [4.78, 5) is 16.5. The molecule has 3 rings (SSSR count). The third-order valence-corrected chi connectivity index (χ3v) is 4.00. The van der Waals surface area contributed by atoms with Crippen LogP contribution in [0, 0.1) is 6.92 Å². The fraction of sp³-hybridized carbons (Fsp3) is 0.111. The molecule has 2 heterocycles. The van der Waals surface area contributed by atoms with Crippen molar-refractivity contribution < 1.29 is 4.79 Å². The minimum absolute atomic E-state index is 0.225. The topological polar surface area (TPSA) is 79.8 Å². The zero-order valence-corrected chi connectivity index (χ0v) is 14.3. The highest BCUT2D eigenvalue weighted by Crippen LogP contribution is 2.23. The Morgan fingerprint density at radius 3 is 2.68 bits per heavy atom. The van der Waals surface area contributed by atoms with Crippen molar-refractivity contribution in [1.29, 1.82) is 0 Å². The third-order valence-electron chi connectivity index (χ3n) is 3.59. The zero-order valence-electron chi connectivity index (χ0n) is 13.5. The van der Waals surface area contributed by atoms with Crippen LogP contribution in [0.25, 0.3) is 0 Å². The van der Waals surface area contributed by atoms with Crippen molar-refractivity contribution in [3.05, 3.63) is 76.7 Å². The number of hydrogen-bond donors (Lipinski definition) is 2. The molecule has 0 radical (unpaired) electrons. The van der Waals surface area contributed by atoms with Gasteiger partial charge in [-0.3, -0.25) is 9.78 Å². The molecule has 6 nitrogen and oxygen atoms in total. The van der Waals surface area contributed by atoms with Crippen molar-refractivity contribution in [3.8, 4) is 0 Å². The predicted molar refractivity (Wildman–Crippen MR) is 97.7 cm³/mol. The van der Waals surface area contributed by atoms with Crippen molar-refractivity contribution in [1.82, 2.24) is 15.2 Å². The molecule has 3 aromatic rings. The smallest absolute Gasteiger partial charge is 0.276 e. The summed E-state index contributed by atoms with van der Waals surface area (Å²) in [7, 11) is 0. The van der Waals surface area contributed by atoms with Crippen molar-refractivity contribution in [2.75, 3.05) is 10.6 Å². The van der Waals surface area contributed by atoms with Gasteiger partial charge >= 0.3 is 0 Å². The number of carbonyl (C=O) groups is 1. The van der Waals surface area contributed by atoms with Gasteiger partial charge in [-0.15, -0.1) is 10.2 Å². The fourth-order valence-corrected chi connectivity index (χ4v) is 2.34. The molecule has 2 aromatic heterocycles. The van der Waals surface area contributed by atoms with Crippen molar-refractivity contribution in [2.24, 2.45) is 0 Å². The highest BCUT2D eigenvalue weighted by Gasteiger charge is 2.11. The SMILES string of the molecule is Cc1c(Cl)cccc1NC(=O)c1ccc(NCc2ccccn2)nn1. The number of benzene rings is 1. The maximum atomic E-state index is 12.3. The molecule has 0 saturated carbocycles. The Morgan fingerprint density at radius 1 is 1.08 bits per heavy atom. The number of nitrogens with one attached hydrogen (secondary N) is 2. The van der Waals surface area contributed by atoms with E-state index in [4.69, 9.17) is 11.6 Å². The summed E-state index contributed by atoms with van der Waals surface area (Å²) in [6, 6.07) is 14.3. The molecule has 0 fully saturated rings. The molecule has 0 atom stereocenters. The summed E-state index contributed by atoms with van der Waals surface area (Å²) < 4.78 is 0.